The van der Waals surface area contributed by atoms with Gasteiger partial charge in [-0.3, -0.25) is 9.69 Å². The zero-order chi connectivity index (χ0) is 13.2. The van der Waals surface area contributed by atoms with Gasteiger partial charge in [-0.05, 0) is 32.2 Å². The van der Waals surface area contributed by atoms with E-state index in [9.17, 15) is 4.79 Å². The Morgan fingerprint density at radius 1 is 0.947 bits per heavy atom. The van der Waals surface area contributed by atoms with Gasteiger partial charge in [0.15, 0.2) is 0 Å². The van der Waals surface area contributed by atoms with Gasteiger partial charge in [-0.2, -0.15) is 0 Å². The summed E-state index contributed by atoms with van der Waals surface area (Å²) in [6.07, 6.45) is 8.90. The summed E-state index contributed by atoms with van der Waals surface area (Å²) in [6, 6.07) is 0.792. The van der Waals surface area contributed by atoms with Crippen LogP contribution in [0.3, 0.4) is 0 Å². The second-order valence-corrected chi connectivity index (χ2v) is 6.52. The molecule has 0 aromatic rings. The van der Waals surface area contributed by atoms with Gasteiger partial charge in [-0.25, -0.2) is 0 Å². The van der Waals surface area contributed by atoms with Crippen molar-refractivity contribution in [3.63, 3.8) is 0 Å². The Hall–Kier alpha value is -0.610. The maximum absolute atomic E-state index is 12.4. The van der Waals surface area contributed by atoms with Crippen molar-refractivity contribution in [3.05, 3.63) is 0 Å². The molecule has 3 fully saturated rings. The maximum atomic E-state index is 12.4. The van der Waals surface area contributed by atoms with Crippen LogP contribution in [0.1, 0.15) is 44.9 Å². The molecule has 0 aromatic heterocycles. The van der Waals surface area contributed by atoms with Gasteiger partial charge in [0.25, 0.3) is 0 Å². The average molecular weight is 265 g/mol. The SMILES string of the molecule is N[C@@H]1CCN(C2CCCCC2)C[C@H]1C(=O)N1CCC1. The highest BCUT2D eigenvalue weighted by Crippen LogP contribution is 2.28. The molecular formula is C15H27N3O. The number of carbonyl (C=O) groups excluding carboxylic acids is 1. The third kappa shape index (κ3) is 2.79. The Balaban J connectivity index is 1.61. The first-order valence-electron chi connectivity index (χ1n) is 8.04. The quantitative estimate of drug-likeness (QED) is 0.816. The summed E-state index contributed by atoms with van der Waals surface area (Å²) < 4.78 is 0. The van der Waals surface area contributed by atoms with Gasteiger partial charge in [-0.1, -0.05) is 19.3 Å². The lowest BCUT2D eigenvalue weighted by atomic mass is 9.87. The number of rotatable bonds is 2. The van der Waals surface area contributed by atoms with Crippen molar-refractivity contribution in [1.29, 1.82) is 0 Å². The van der Waals surface area contributed by atoms with Crippen LogP contribution in [0.5, 0.6) is 0 Å². The Morgan fingerprint density at radius 2 is 1.68 bits per heavy atom. The summed E-state index contributed by atoms with van der Waals surface area (Å²) in [5.41, 5.74) is 6.21. The van der Waals surface area contributed by atoms with E-state index in [1.807, 2.05) is 4.90 Å². The van der Waals surface area contributed by atoms with E-state index in [1.165, 1.54) is 38.5 Å². The highest BCUT2D eigenvalue weighted by molar-refractivity contribution is 5.80. The van der Waals surface area contributed by atoms with E-state index in [0.717, 1.165) is 32.6 Å². The van der Waals surface area contributed by atoms with Gasteiger partial charge < -0.3 is 10.6 Å². The smallest absolute Gasteiger partial charge is 0.228 e. The fraction of sp³-hybridized carbons (Fsp3) is 0.933. The number of nitrogens with two attached hydrogens (primary N) is 1. The molecule has 19 heavy (non-hydrogen) atoms. The minimum atomic E-state index is 0.0518. The lowest BCUT2D eigenvalue weighted by Crippen LogP contribution is -2.58. The van der Waals surface area contributed by atoms with Crippen LogP contribution in [-0.4, -0.2) is 54.0 Å². The Kier molecular flexibility index (Phi) is 4.08. The molecule has 4 nitrogen and oxygen atoms in total. The summed E-state index contributed by atoms with van der Waals surface area (Å²) in [5.74, 6) is 0.371. The van der Waals surface area contributed by atoms with E-state index >= 15 is 0 Å². The Bertz CT molecular complexity index is 323. The van der Waals surface area contributed by atoms with E-state index in [0.29, 0.717) is 11.9 Å². The van der Waals surface area contributed by atoms with E-state index < -0.39 is 0 Å². The molecule has 108 valence electrons. The number of amides is 1. The van der Waals surface area contributed by atoms with Gasteiger partial charge in [0.2, 0.25) is 5.91 Å². The molecule has 0 bridgehead atoms. The molecule has 0 spiro atoms. The standard InChI is InChI=1S/C15H27N3O/c16-14-7-10-18(12-5-2-1-3-6-12)11-13(14)15(19)17-8-4-9-17/h12-14H,1-11,16H2/t13-,14-/m1/s1. The molecule has 2 heterocycles. The van der Waals surface area contributed by atoms with Gasteiger partial charge in [0, 0.05) is 31.7 Å². The van der Waals surface area contributed by atoms with Gasteiger partial charge in [-0.15, -0.1) is 0 Å². The Labute approximate surface area is 116 Å². The van der Waals surface area contributed by atoms with Crippen LogP contribution in [-0.2, 0) is 4.79 Å². The minimum absolute atomic E-state index is 0.0518. The fourth-order valence-electron chi connectivity index (χ4n) is 3.81. The molecule has 2 N–H and O–H groups in total. The number of piperidine rings is 1. The molecule has 3 aliphatic rings. The van der Waals surface area contributed by atoms with Crippen molar-refractivity contribution in [2.45, 2.75) is 57.0 Å². The van der Waals surface area contributed by atoms with Gasteiger partial charge in [0.1, 0.15) is 0 Å². The van der Waals surface area contributed by atoms with Gasteiger partial charge >= 0.3 is 0 Å². The second kappa shape index (κ2) is 5.80. The number of carbonyl (C=O) groups is 1. The lowest BCUT2D eigenvalue weighted by Gasteiger charge is -2.44. The predicted molar refractivity (Wildman–Crippen MR) is 75.7 cm³/mol. The third-order valence-corrected chi connectivity index (χ3v) is 5.27. The molecule has 0 radical (unpaired) electrons. The molecule has 0 unspecified atom stereocenters. The number of likely N-dealkylation sites (tertiary alicyclic amines) is 2. The molecule has 1 aliphatic carbocycles. The molecule has 2 aliphatic heterocycles. The van der Waals surface area contributed by atoms with E-state index in [4.69, 9.17) is 5.73 Å². The summed E-state index contributed by atoms with van der Waals surface area (Å²) in [7, 11) is 0. The minimum Gasteiger partial charge on any atom is -0.342 e. The molecule has 4 heteroatoms. The number of nitrogens with zero attached hydrogens (tertiary/aromatic N) is 2. The molecule has 1 saturated carbocycles. The summed E-state index contributed by atoms with van der Waals surface area (Å²) in [5, 5.41) is 0. The van der Waals surface area contributed by atoms with Crippen LogP contribution in [0.15, 0.2) is 0 Å². The maximum Gasteiger partial charge on any atom is 0.228 e. The zero-order valence-electron chi connectivity index (χ0n) is 11.9. The van der Waals surface area contributed by atoms with Crippen molar-refractivity contribution < 1.29 is 4.79 Å². The molecule has 3 rings (SSSR count). The number of hydrogen-bond acceptors (Lipinski definition) is 3. The van der Waals surface area contributed by atoms with E-state index in [2.05, 4.69) is 4.90 Å². The highest BCUT2D eigenvalue weighted by atomic mass is 16.2. The Morgan fingerprint density at radius 3 is 2.32 bits per heavy atom. The predicted octanol–water partition coefficient (Wildman–Crippen LogP) is 1.20. The summed E-state index contributed by atoms with van der Waals surface area (Å²) >= 11 is 0. The van der Waals surface area contributed by atoms with Crippen molar-refractivity contribution >= 4 is 5.91 Å². The summed E-state index contributed by atoms with van der Waals surface area (Å²) in [6.45, 7) is 3.90. The molecular weight excluding hydrogens is 238 g/mol. The van der Waals surface area contributed by atoms with Crippen LogP contribution in [0.4, 0.5) is 0 Å². The number of hydrogen-bond donors (Lipinski definition) is 1. The van der Waals surface area contributed by atoms with Crippen molar-refractivity contribution in [2.75, 3.05) is 26.2 Å². The molecule has 2 atom stereocenters. The van der Waals surface area contributed by atoms with Crippen LogP contribution >= 0.6 is 0 Å². The van der Waals surface area contributed by atoms with E-state index in [-0.39, 0.29) is 12.0 Å². The first-order chi connectivity index (χ1) is 9.25. The van der Waals surface area contributed by atoms with Crippen molar-refractivity contribution in [2.24, 2.45) is 11.7 Å². The first-order valence-corrected chi connectivity index (χ1v) is 8.04. The second-order valence-electron chi connectivity index (χ2n) is 6.52. The van der Waals surface area contributed by atoms with Crippen molar-refractivity contribution in [1.82, 2.24) is 9.80 Å². The monoisotopic (exact) mass is 265 g/mol. The molecule has 2 saturated heterocycles. The lowest BCUT2D eigenvalue weighted by molar-refractivity contribution is -0.142. The third-order valence-electron chi connectivity index (χ3n) is 5.27. The fourth-order valence-corrected chi connectivity index (χ4v) is 3.81. The van der Waals surface area contributed by atoms with Crippen LogP contribution in [0.25, 0.3) is 0 Å². The zero-order valence-corrected chi connectivity index (χ0v) is 11.9. The van der Waals surface area contributed by atoms with Gasteiger partial charge in [0.05, 0.1) is 5.92 Å². The largest absolute Gasteiger partial charge is 0.342 e. The summed E-state index contributed by atoms with van der Waals surface area (Å²) in [4.78, 5) is 17.0. The van der Waals surface area contributed by atoms with E-state index in [1.54, 1.807) is 0 Å². The average Bonchev–Trinajstić information content (AvgIpc) is 2.38. The van der Waals surface area contributed by atoms with Crippen LogP contribution < -0.4 is 5.73 Å². The molecule has 0 aromatic carbocycles. The first kappa shape index (κ1) is 13.4. The normalized spacial score (nSPS) is 34.1. The molecule has 1 amide bonds. The topological polar surface area (TPSA) is 49.6 Å². The van der Waals surface area contributed by atoms with Crippen molar-refractivity contribution in [3.8, 4) is 0 Å². The van der Waals surface area contributed by atoms with Crippen LogP contribution in [0, 0.1) is 5.92 Å². The van der Waals surface area contributed by atoms with Crippen LogP contribution in [0.2, 0.25) is 0 Å². The highest BCUT2D eigenvalue weighted by Gasteiger charge is 2.38.